The lowest BCUT2D eigenvalue weighted by atomic mass is 10.2. The Hall–Kier alpha value is -1.22. The Morgan fingerprint density at radius 3 is 2.54 bits per heavy atom. The molecule has 2 rings (SSSR count). The maximum atomic E-state index is 12.6. The third kappa shape index (κ3) is 1.75. The van der Waals surface area contributed by atoms with Crippen LogP contribution in [0.5, 0.6) is 0 Å². The van der Waals surface area contributed by atoms with Gasteiger partial charge in [0, 0.05) is 0 Å². The zero-order valence-electron chi connectivity index (χ0n) is 7.04. The van der Waals surface area contributed by atoms with Gasteiger partial charge in [-0.3, -0.25) is 0 Å². The summed E-state index contributed by atoms with van der Waals surface area (Å²) < 4.78 is 12.6. The Bertz CT molecular complexity index is 405. The van der Waals surface area contributed by atoms with Crippen LogP contribution in [0.4, 0.5) is 4.39 Å². The number of rotatable bonds is 1. The molecule has 1 aromatic heterocycles. The van der Waals surface area contributed by atoms with E-state index in [4.69, 9.17) is 0 Å². The fourth-order valence-electron chi connectivity index (χ4n) is 1.05. The van der Waals surface area contributed by atoms with Gasteiger partial charge in [0.15, 0.2) is 0 Å². The van der Waals surface area contributed by atoms with Gasteiger partial charge in [0.05, 0.1) is 9.88 Å². The molecule has 0 aliphatic carbocycles. The van der Waals surface area contributed by atoms with Crippen LogP contribution in [-0.4, -0.2) is 4.98 Å². The SMILES string of the molecule is Cc1n[c]c(-c2ccc(F)cc2)s1. The molecule has 0 bridgehead atoms. The highest BCUT2D eigenvalue weighted by Crippen LogP contribution is 2.24. The van der Waals surface area contributed by atoms with E-state index in [1.54, 1.807) is 23.5 Å². The van der Waals surface area contributed by atoms with E-state index in [2.05, 4.69) is 11.2 Å². The monoisotopic (exact) mass is 192 g/mol. The normalized spacial score (nSPS) is 10.3. The van der Waals surface area contributed by atoms with Crippen molar-refractivity contribution in [2.45, 2.75) is 6.92 Å². The topological polar surface area (TPSA) is 12.9 Å². The number of benzene rings is 1. The minimum Gasteiger partial charge on any atom is -0.239 e. The lowest BCUT2D eigenvalue weighted by molar-refractivity contribution is 0.628. The fraction of sp³-hybridized carbons (Fsp3) is 0.100. The molecule has 2 aromatic rings. The van der Waals surface area contributed by atoms with E-state index < -0.39 is 0 Å². The van der Waals surface area contributed by atoms with E-state index in [0.717, 1.165) is 15.4 Å². The van der Waals surface area contributed by atoms with Gasteiger partial charge in [-0.15, -0.1) is 11.3 Å². The Balaban J connectivity index is 2.41. The summed E-state index contributed by atoms with van der Waals surface area (Å²) >= 11 is 1.56. The van der Waals surface area contributed by atoms with Crippen molar-refractivity contribution in [2.24, 2.45) is 0 Å². The van der Waals surface area contributed by atoms with E-state index >= 15 is 0 Å². The Morgan fingerprint density at radius 1 is 1.31 bits per heavy atom. The Morgan fingerprint density at radius 2 is 2.00 bits per heavy atom. The number of nitrogens with zero attached hydrogens (tertiary/aromatic N) is 1. The minimum atomic E-state index is -0.218. The number of hydrogen-bond donors (Lipinski definition) is 0. The van der Waals surface area contributed by atoms with Gasteiger partial charge >= 0.3 is 0 Å². The first-order chi connectivity index (χ1) is 6.25. The van der Waals surface area contributed by atoms with Crippen LogP contribution in [0.1, 0.15) is 5.01 Å². The average molecular weight is 192 g/mol. The van der Waals surface area contributed by atoms with Crippen LogP contribution in [-0.2, 0) is 0 Å². The maximum Gasteiger partial charge on any atom is 0.123 e. The first kappa shape index (κ1) is 8.38. The summed E-state index contributed by atoms with van der Waals surface area (Å²) in [5.41, 5.74) is 0.965. The summed E-state index contributed by atoms with van der Waals surface area (Å²) in [7, 11) is 0. The summed E-state index contributed by atoms with van der Waals surface area (Å²) in [6, 6.07) is 6.36. The molecule has 0 fully saturated rings. The molecule has 1 heterocycles. The van der Waals surface area contributed by atoms with Gasteiger partial charge < -0.3 is 0 Å². The summed E-state index contributed by atoms with van der Waals surface area (Å²) in [5, 5.41) is 0.972. The average Bonchev–Trinajstić information content (AvgIpc) is 2.53. The zero-order valence-corrected chi connectivity index (χ0v) is 7.86. The highest BCUT2D eigenvalue weighted by atomic mass is 32.1. The molecule has 65 valence electrons. The third-order valence-electron chi connectivity index (χ3n) is 1.67. The Kier molecular flexibility index (Phi) is 2.10. The molecule has 0 unspecified atom stereocenters. The molecule has 1 radical (unpaired) electrons. The van der Waals surface area contributed by atoms with Crippen molar-refractivity contribution in [3.8, 4) is 10.4 Å². The van der Waals surface area contributed by atoms with Crippen LogP contribution in [0.3, 0.4) is 0 Å². The molecule has 0 atom stereocenters. The molecule has 0 saturated heterocycles. The zero-order chi connectivity index (χ0) is 9.26. The molecule has 1 aromatic carbocycles. The van der Waals surface area contributed by atoms with E-state index in [9.17, 15) is 4.39 Å². The molecule has 0 aliphatic rings. The summed E-state index contributed by atoms with van der Waals surface area (Å²) in [4.78, 5) is 4.97. The van der Waals surface area contributed by atoms with Gasteiger partial charge in [-0.2, -0.15) is 0 Å². The number of thiazole rings is 1. The standard InChI is InChI=1S/C10H7FNS/c1-7-12-6-10(13-7)8-2-4-9(11)5-3-8/h2-5H,1H3. The maximum absolute atomic E-state index is 12.6. The summed E-state index contributed by atoms with van der Waals surface area (Å²) in [6.45, 7) is 1.92. The summed E-state index contributed by atoms with van der Waals surface area (Å²) in [6.07, 6.45) is 2.89. The molecule has 1 nitrogen and oxygen atoms in total. The first-order valence-corrected chi connectivity index (χ1v) is 4.68. The summed E-state index contributed by atoms with van der Waals surface area (Å²) in [5.74, 6) is -0.218. The lowest BCUT2D eigenvalue weighted by Crippen LogP contribution is -1.74. The highest BCUT2D eigenvalue weighted by Gasteiger charge is 2.01. The van der Waals surface area contributed by atoms with Crippen LogP contribution in [0.2, 0.25) is 0 Å². The molecule has 0 aliphatic heterocycles. The van der Waals surface area contributed by atoms with Crippen molar-refractivity contribution in [3.05, 3.63) is 41.3 Å². The van der Waals surface area contributed by atoms with Crippen molar-refractivity contribution < 1.29 is 4.39 Å². The Labute approximate surface area is 79.9 Å². The van der Waals surface area contributed by atoms with Gasteiger partial charge in [-0.1, -0.05) is 12.1 Å². The predicted molar refractivity (Wildman–Crippen MR) is 51.1 cm³/mol. The van der Waals surface area contributed by atoms with Crippen molar-refractivity contribution in [1.29, 1.82) is 0 Å². The lowest BCUT2D eigenvalue weighted by Gasteiger charge is -1.94. The van der Waals surface area contributed by atoms with Gasteiger partial charge in [-0.25, -0.2) is 9.37 Å². The smallest absolute Gasteiger partial charge is 0.123 e. The van der Waals surface area contributed by atoms with Crippen LogP contribution in [0.25, 0.3) is 10.4 Å². The van der Waals surface area contributed by atoms with Gasteiger partial charge in [-0.05, 0) is 24.6 Å². The quantitative estimate of drug-likeness (QED) is 0.676. The van der Waals surface area contributed by atoms with Crippen molar-refractivity contribution >= 4 is 11.3 Å². The molecular weight excluding hydrogens is 185 g/mol. The molecule has 3 heteroatoms. The van der Waals surface area contributed by atoms with E-state index in [-0.39, 0.29) is 5.82 Å². The molecule has 0 spiro atoms. The molecule has 0 N–H and O–H groups in total. The van der Waals surface area contributed by atoms with E-state index in [0.29, 0.717) is 0 Å². The second-order valence-electron chi connectivity index (χ2n) is 2.68. The number of aryl methyl sites for hydroxylation is 1. The molecular formula is C10H7FNS. The van der Waals surface area contributed by atoms with Crippen molar-refractivity contribution in [1.82, 2.24) is 4.98 Å². The van der Waals surface area contributed by atoms with Crippen LogP contribution in [0.15, 0.2) is 24.3 Å². The van der Waals surface area contributed by atoms with Crippen LogP contribution < -0.4 is 0 Å². The minimum absolute atomic E-state index is 0.218. The second-order valence-corrected chi connectivity index (χ2v) is 3.88. The second kappa shape index (κ2) is 3.26. The number of halogens is 1. The molecule has 0 amide bonds. The first-order valence-electron chi connectivity index (χ1n) is 3.87. The van der Waals surface area contributed by atoms with E-state index in [1.165, 1.54) is 12.1 Å². The fourth-order valence-corrected chi connectivity index (χ4v) is 1.78. The highest BCUT2D eigenvalue weighted by molar-refractivity contribution is 7.15. The van der Waals surface area contributed by atoms with E-state index in [1.807, 2.05) is 6.92 Å². The third-order valence-corrected chi connectivity index (χ3v) is 2.59. The van der Waals surface area contributed by atoms with Crippen molar-refractivity contribution in [2.75, 3.05) is 0 Å². The van der Waals surface area contributed by atoms with Crippen molar-refractivity contribution in [3.63, 3.8) is 0 Å². The molecule has 0 saturated carbocycles. The molecule has 13 heavy (non-hydrogen) atoms. The number of hydrogen-bond acceptors (Lipinski definition) is 2. The number of aromatic nitrogens is 1. The van der Waals surface area contributed by atoms with Gasteiger partial charge in [0.1, 0.15) is 12.0 Å². The van der Waals surface area contributed by atoms with Crippen LogP contribution in [0, 0.1) is 18.9 Å². The largest absolute Gasteiger partial charge is 0.239 e. The van der Waals surface area contributed by atoms with Gasteiger partial charge in [0.2, 0.25) is 0 Å². The van der Waals surface area contributed by atoms with Crippen LogP contribution >= 0.6 is 11.3 Å². The predicted octanol–water partition coefficient (Wildman–Crippen LogP) is 3.06. The van der Waals surface area contributed by atoms with Gasteiger partial charge in [0.25, 0.3) is 0 Å².